The van der Waals surface area contributed by atoms with E-state index >= 15 is 0 Å². The average Bonchev–Trinajstić information content (AvgIpc) is 3.07. The Morgan fingerprint density at radius 2 is 1.94 bits per heavy atom. The third kappa shape index (κ3) is 5.69. The van der Waals surface area contributed by atoms with Gasteiger partial charge < -0.3 is 20.2 Å². The first-order chi connectivity index (χ1) is 16.2. The number of benzene rings is 2. The molecule has 1 aliphatic heterocycles. The van der Waals surface area contributed by atoms with E-state index in [1.54, 1.807) is 6.07 Å². The molecule has 0 fully saturated rings. The van der Waals surface area contributed by atoms with Gasteiger partial charge in [-0.15, -0.1) is 0 Å². The SMILES string of the molecule is CNC(=O)CCC(C=O)N1C(=O)c2cccc3c(/C=C/CNCC(=O)OC(C)(C)C)ccc1c23. The molecular weight excluding hydrogens is 434 g/mol. The minimum absolute atomic E-state index is 0.109. The number of ether oxygens (including phenoxy) is 1. The van der Waals surface area contributed by atoms with Crippen molar-refractivity contribution in [1.82, 2.24) is 10.6 Å². The van der Waals surface area contributed by atoms with Gasteiger partial charge in [-0.05, 0) is 50.3 Å². The maximum atomic E-state index is 13.2. The fourth-order valence-electron chi connectivity index (χ4n) is 3.99. The molecule has 8 heteroatoms. The van der Waals surface area contributed by atoms with Crippen molar-refractivity contribution >= 4 is 46.6 Å². The number of carbonyl (C=O) groups excluding carboxylic acids is 4. The summed E-state index contributed by atoms with van der Waals surface area (Å²) in [6.07, 6.45) is 4.96. The quantitative estimate of drug-likeness (QED) is 0.318. The van der Waals surface area contributed by atoms with Gasteiger partial charge in [-0.2, -0.15) is 0 Å². The van der Waals surface area contributed by atoms with Gasteiger partial charge in [0.2, 0.25) is 5.91 Å². The Labute approximate surface area is 199 Å². The molecule has 0 spiro atoms. The lowest BCUT2D eigenvalue weighted by molar-refractivity contribution is -0.153. The molecule has 8 nitrogen and oxygen atoms in total. The van der Waals surface area contributed by atoms with E-state index in [2.05, 4.69) is 10.6 Å². The zero-order valence-corrected chi connectivity index (χ0v) is 20.0. The number of amides is 2. The van der Waals surface area contributed by atoms with Crippen LogP contribution in [0.25, 0.3) is 16.8 Å². The second-order valence-electron chi connectivity index (χ2n) is 9.11. The second kappa shape index (κ2) is 10.6. The van der Waals surface area contributed by atoms with E-state index in [1.807, 2.05) is 57.2 Å². The lowest BCUT2D eigenvalue weighted by Crippen LogP contribution is -2.39. The van der Waals surface area contributed by atoms with Crippen LogP contribution in [0.3, 0.4) is 0 Å². The summed E-state index contributed by atoms with van der Waals surface area (Å²) in [4.78, 5) is 49.9. The molecule has 0 aromatic heterocycles. The van der Waals surface area contributed by atoms with E-state index in [9.17, 15) is 19.2 Å². The van der Waals surface area contributed by atoms with Crippen LogP contribution in [-0.4, -0.2) is 55.8 Å². The van der Waals surface area contributed by atoms with E-state index < -0.39 is 11.6 Å². The summed E-state index contributed by atoms with van der Waals surface area (Å²) < 4.78 is 5.27. The first kappa shape index (κ1) is 25.1. The highest BCUT2D eigenvalue weighted by Gasteiger charge is 2.35. The molecule has 2 amide bonds. The molecule has 0 saturated heterocycles. The van der Waals surface area contributed by atoms with E-state index in [-0.39, 0.29) is 37.2 Å². The Bertz CT molecular complexity index is 1130. The summed E-state index contributed by atoms with van der Waals surface area (Å²) in [6.45, 7) is 6.06. The highest BCUT2D eigenvalue weighted by Crippen LogP contribution is 2.40. The van der Waals surface area contributed by atoms with Gasteiger partial charge in [0.1, 0.15) is 11.9 Å². The smallest absolute Gasteiger partial charge is 0.320 e. The molecule has 1 unspecified atom stereocenters. The second-order valence-corrected chi connectivity index (χ2v) is 9.11. The number of carbonyl (C=O) groups is 4. The van der Waals surface area contributed by atoms with Gasteiger partial charge in [-0.3, -0.25) is 19.3 Å². The number of aldehydes is 1. The Kier molecular flexibility index (Phi) is 7.83. The largest absolute Gasteiger partial charge is 0.459 e. The van der Waals surface area contributed by atoms with Crippen molar-refractivity contribution in [3.63, 3.8) is 0 Å². The fraction of sp³-hybridized carbons (Fsp3) is 0.385. The highest BCUT2D eigenvalue weighted by atomic mass is 16.6. The maximum absolute atomic E-state index is 13.2. The van der Waals surface area contributed by atoms with E-state index in [1.165, 1.54) is 11.9 Å². The van der Waals surface area contributed by atoms with Gasteiger partial charge >= 0.3 is 5.97 Å². The molecule has 180 valence electrons. The predicted octanol–water partition coefficient (Wildman–Crippen LogP) is 2.84. The monoisotopic (exact) mass is 465 g/mol. The van der Waals surface area contributed by atoms with Crippen molar-refractivity contribution in [1.29, 1.82) is 0 Å². The Hall–Kier alpha value is -3.52. The fourth-order valence-corrected chi connectivity index (χ4v) is 3.99. The molecule has 0 radical (unpaired) electrons. The zero-order valence-electron chi connectivity index (χ0n) is 20.0. The van der Waals surface area contributed by atoms with Crippen LogP contribution < -0.4 is 15.5 Å². The van der Waals surface area contributed by atoms with Crippen LogP contribution in [0.5, 0.6) is 0 Å². The maximum Gasteiger partial charge on any atom is 0.320 e. The molecule has 1 aliphatic rings. The van der Waals surface area contributed by atoms with Crippen molar-refractivity contribution < 1.29 is 23.9 Å². The minimum atomic E-state index is -0.723. The number of hydrogen-bond donors (Lipinski definition) is 2. The van der Waals surface area contributed by atoms with Crippen LogP contribution in [0.1, 0.15) is 49.5 Å². The topological polar surface area (TPSA) is 105 Å². The Balaban J connectivity index is 1.77. The molecule has 3 rings (SSSR count). The number of anilines is 1. The van der Waals surface area contributed by atoms with Crippen molar-refractivity contribution in [3.05, 3.63) is 47.5 Å². The first-order valence-corrected chi connectivity index (χ1v) is 11.3. The third-order valence-corrected chi connectivity index (χ3v) is 5.44. The highest BCUT2D eigenvalue weighted by molar-refractivity contribution is 6.27. The molecular formula is C26H31N3O5. The zero-order chi connectivity index (χ0) is 24.9. The van der Waals surface area contributed by atoms with E-state index in [4.69, 9.17) is 4.74 Å². The van der Waals surface area contributed by atoms with Crippen LogP contribution >= 0.6 is 0 Å². The summed E-state index contributed by atoms with van der Waals surface area (Å²) in [5.41, 5.74) is 1.61. The third-order valence-electron chi connectivity index (χ3n) is 5.44. The van der Waals surface area contributed by atoms with Crippen molar-refractivity contribution in [2.45, 2.75) is 45.3 Å². The molecule has 0 bridgehead atoms. The van der Waals surface area contributed by atoms with Gasteiger partial charge in [0.05, 0.1) is 18.3 Å². The lowest BCUT2D eigenvalue weighted by atomic mass is 10.00. The number of hydrogen-bond acceptors (Lipinski definition) is 6. The van der Waals surface area contributed by atoms with Crippen molar-refractivity contribution in [2.24, 2.45) is 0 Å². The average molecular weight is 466 g/mol. The number of rotatable bonds is 10. The molecule has 0 aliphatic carbocycles. The van der Waals surface area contributed by atoms with Gasteiger partial charge in [-0.25, -0.2) is 0 Å². The van der Waals surface area contributed by atoms with Crippen LogP contribution in [-0.2, 0) is 19.1 Å². The number of nitrogens with one attached hydrogen (secondary N) is 2. The van der Waals surface area contributed by atoms with E-state index in [0.29, 0.717) is 17.8 Å². The van der Waals surface area contributed by atoms with Gasteiger partial charge in [0.25, 0.3) is 5.91 Å². The van der Waals surface area contributed by atoms with Crippen LogP contribution in [0.4, 0.5) is 5.69 Å². The van der Waals surface area contributed by atoms with Crippen molar-refractivity contribution in [2.75, 3.05) is 25.0 Å². The summed E-state index contributed by atoms with van der Waals surface area (Å²) in [5.74, 6) is -0.734. The molecule has 0 saturated carbocycles. The molecule has 2 aromatic carbocycles. The summed E-state index contributed by atoms with van der Waals surface area (Å²) in [7, 11) is 1.54. The molecule has 1 heterocycles. The minimum Gasteiger partial charge on any atom is -0.459 e. The number of esters is 1. The summed E-state index contributed by atoms with van der Waals surface area (Å²) in [6, 6.07) is 8.53. The normalized spacial score (nSPS) is 14.0. The number of nitrogens with zero attached hydrogens (tertiary/aromatic N) is 1. The predicted molar refractivity (Wildman–Crippen MR) is 132 cm³/mol. The Morgan fingerprint density at radius 1 is 1.18 bits per heavy atom. The lowest BCUT2D eigenvalue weighted by Gasteiger charge is -2.24. The van der Waals surface area contributed by atoms with Crippen LogP contribution in [0.2, 0.25) is 0 Å². The molecule has 34 heavy (non-hydrogen) atoms. The summed E-state index contributed by atoms with van der Waals surface area (Å²) >= 11 is 0. The van der Waals surface area contributed by atoms with Crippen molar-refractivity contribution in [3.8, 4) is 0 Å². The standard InChI is InChI=1S/C26H31N3O5/c1-26(2,3)34-23(32)15-28-14-6-7-17-10-12-21-24-19(17)8-5-9-20(24)25(33)29(21)18(16-30)11-13-22(31)27-4/h5-10,12,16,18,28H,11,13-15H2,1-4H3,(H,27,31)/b7-6+. The van der Waals surface area contributed by atoms with Crippen LogP contribution in [0.15, 0.2) is 36.4 Å². The van der Waals surface area contributed by atoms with Gasteiger partial charge in [0, 0.05) is 31.0 Å². The van der Waals surface area contributed by atoms with E-state index in [0.717, 1.165) is 22.6 Å². The van der Waals surface area contributed by atoms with Gasteiger partial charge in [0.15, 0.2) is 0 Å². The first-order valence-electron chi connectivity index (χ1n) is 11.3. The Morgan fingerprint density at radius 3 is 2.62 bits per heavy atom. The molecule has 1 atom stereocenters. The van der Waals surface area contributed by atoms with Crippen LogP contribution in [0, 0.1) is 0 Å². The molecule has 2 N–H and O–H groups in total. The summed E-state index contributed by atoms with van der Waals surface area (Å²) in [5, 5.41) is 7.26. The van der Waals surface area contributed by atoms with Gasteiger partial charge in [-0.1, -0.05) is 30.4 Å². The molecule has 2 aromatic rings.